The summed E-state index contributed by atoms with van der Waals surface area (Å²) in [6.07, 6.45) is 0. The molecular formula is C16H14N2OS. The zero-order valence-corrected chi connectivity index (χ0v) is 11.9. The van der Waals surface area contributed by atoms with Crippen molar-refractivity contribution in [2.24, 2.45) is 0 Å². The molecule has 0 aliphatic rings. The molecule has 20 heavy (non-hydrogen) atoms. The average Bonchev–Trinajstić information content (AvgIpc) is 2.90. The lowest BCUT2D eigenvalue weighted by Gasteiger charge is -2.05. The monoisotopic (exact) mass is 282 g/mol. The summed E-state index contributed by atoms with van der Waals surface area (Å²) in [5.74, 6) is 0.813. The summed E-state index contributed by atoms with van der Waals surface area (Å²) in [5, 5.41) is 0.571. The van der Waals surface area contributed by atoms with Crippen molar-refractivity contribution in [2.75, 3.05) is 12.8 Å². The molecule has 0 spiro atoms. The third kappa shape index (κ3) is 2.38. The van der Waals surface area contributed by atoms with Crippen LogP contribution in [-0.4, -0.2) is 12.1 Å². The Kier molecular flexibility index (Phi) is 3.39. The fraction of sp³-hybridized carbons (Fsp3) is 0.0625. The lowest BCUT2D eigenvalue weighted by atomic mass is 10.1. The van der Waals surface area contributed by atoms with Crippen LogP contribution in [0.1, 0.15) is 0 Å². The van der Waals surface area contributed by atoms with Crippen LogP contribution >= 0.6 is 11.3 Å². The molecule has 0 atom stereocenters. The maximum absolute atomic E-state index is 5.90. The van der Waals surface area contributed by atoms with Gasteiger partial charge >= 0.3 is 0 Å². The Morgan fingerprint density at radius 2 is 1.75 bits per heavy atom. The van der Waals surface area contributed by atoms with Crippen molar-refractivity contribution in [3.63, 3.8) is 0 Å². The number of methoxy groups -OCH3 is 1. The van der Waals surface area contributed by atoms with Crippen LogP contribution < -0.4 is 10.5 Å². The molecule has 0 radical (unpaired) electrons. The highest BCUT2D eigenvalue weighted by molar-refractivity contribution is 7.19. The molecule has 0 amide bonds. The highest BCUT2D eigenvalue weighted by Crippen LogP contribution is 2.38. The minimum absolute atomic E-state index is 0.571. The first-order valence-corrected chi connectivity index (χ1v) is 7.06. The van der Waals surface area contributed by atoms with E-state index in [9.17, 15) is 0 Å². The lowest BCUT2D eigenvalue weighted by molar-refractivity contribution is 0.415. The molecule has 0 saturated carbocycles. The number of nitrogens with zero attached hydrogens (tertiary/aromatic N) is 1. The highest BCUT2D eigenvalue weighted by atomic mass is 32.1. The van der Waals surface area contributed by atoms with E-state index in [0.717, 1.165) is 27.4 Å². The molecule has 0 saturated heterocycles. The minimum atomic E-state index is 0.571. The topological polar surface area (TPSA) is 48.1 Å². The summed E-state index contributed by atoms with van der Waals surface area (Å²) in [6.45, 7) is 0. The van der Waals surface area contributed by atoms with Crippen LogP contribution in [0.3, 0.4) is 0 Å². The summed E-state index contributed by atoms with van der Waals surface area (Å²) >= 11 is 1.50. The second-order valence-electron chi connectivity index (χ2n) is 4.33. The predicted octanol–water partition coefficient (Wildman–Crippen LogP) is 4.07. The predicted molar refractivity (Wildman–Crippen MR) is 84.0 cm³/mol. The number of nitrogen functional groups attached to an aromatic ring is 1. The highest BCUT2D eigenvalue weighted by Gasteiger charge is 2.13. The molecule has 3 aromatic rings. The Bertz CT molecular complexity index is 722. The Labute approximate surface area is 121 Å². The number of hydrogen-bond donors (Lipinski definition) is 1. The number of aromatic nitrogens is 1. The van der Waals surface area contributed by atoms with Gasteiger partial charge in [-0.05, 0) is 17.7 Å². The average molecular weight is 282 g/mol. The van der Waals surface area contributed by atoms with E-state index in [-0.39, 0.29) is 0 Å². The second-order valence-corrected chi connectivity index (χ2v) is 5.36. The summed E-state index contributed by atoms with van der Waals surface area (Å²) in [7, 11) is 1.66. The van der Waals surface area contributed by atoms with Gasteiger partial charge in [0.05, 0.1) is 17.7 Å². The zero-order valence-electron chi connectivity index (χ0n) is 11.0. The Morgan fingerprint density at radius 1 is 1.00 bits per heavy atom. The van der Waals surface area contributed by atoms with Crippen molar-refractivity contribution < 1.29 is 4.74 Å². The standard InChI is InChI=1S/C16H14N2OS/c1-19-13-9-5-8-12(10-13)14-15(20-16(17)18-14)11-6-3-2-4-7-11/h2-10H,1H3,(H2,17,18). The molecule has 2 N–H and O–H groups in total. The lowest BCUT2D eigenvalue weighted by Crippen LogP contribution is -1.86. The smallest absolute Gasteiger partial charge is 0.181 e. The van der Waals surface area contributed by atoms with E-state index in [1.165, 1.54) is 11.3 Å². The van der Waals surface area contributed by atoms with Gasteiger partial charge in [0, 0.05) is 5.56 Å². The zero-order chi connectivity index (χ0) is 13.9. The van der Waals surface area contributed by atoms with Crippen molar-refractivity contribution in [1.82, 2.24) is 4.98 Å². The largest absolute Gasteiger partial charge is 0.497 e. The van der Waals surface area contributed by atoms with E-state index in [0.29, 0.717) is 5.13 Å². The molecule has 0 bridgehead atoms. The van der Waals surface area contributed by atoms with Crippen LogP contribution in [0, 0.1) is 0 Å². The minimum Gasteiger partial charge on any atom is -0.497 e. The van der Waals surface area contributed by atoms with Gasteiger partial charge in [-0.15, -0.1) is 0 Å². The van der Waals surface area contributed by atoms with Gasteiger partial charge in [0.2, 0.25) is 0 Å². The third-order valence-corrected chi connectivity index (χ3v) is 3.96. The van der Waals surface area contributed by atoms with Crippen molar-refractivity contribution in [3.8, 4) is 27.4 Å². The van der Waals surface area contributed by atoms with E-state index in [4.69, 9.17) is 10.5 Å². The van der Waals surface area contributed by atoms with Gasteiger partial charge in [-0.2, -0.15) is 0 Å². The normalized spacial score (nSPS) is 10.4. The van der Waals surface area contributed by atoms with Gasteiger partial charge in [0.15, 0.2) is 5.13 Å². The van der Waals surface area contributed by atoms with Crippen molar-refractivity contribution in [1.29, 1.82) is 0 Å². The number of benzene rings is 2. The maximum atomic E-state index is 5.90. The Hall–Kier alpha value is -2.33. The fourth-order valence-corrected chi connectivity index (χ4v) is 2.95. The summed E-state index contributed by atoms with van der Waals surface area (Å²) in [4.78, 5) is 5.55. The number of thiazole rings is 1. The number of nitrogens with two attached hydrogens (primary N) is 1. The fourth-order valence-electron chi connectivity index (χ4n) is 2.09. The van der Waals surface area contributed by atoms with Gasteiger partial charge < -0.3 is 10.5 Å². The molecule has 0 unspecified atom stereocenters. The van der Waals surface area contributed by atoms with Gasteiger partial charge in [0.25, 0.3) is 0 Å². The third-order valence-electron chi connectivity index (χ3n) is 3.02. The molecule has 0 fully saturated rings. The van der Waals surface area contributed by atoms with Gasteiger partial charge in [-0.25, -0.2) is 4.98 Å². The summed E-state index contributed by atoms with van der Waals surface area (Å²) in [5.41, 5.74) is 8.94. The summed E-state index contributed by atoms with van der Waals surface area (Å²) < 4.78 is 5.27. The van der Waals surface area contributed by atoms with Gasteiger partial charge in [-0.3, -0.25) is 0 Å². The number of anilines is 1. The molecule has 3 nitrogen and oxygen atoms in total. The van der Waals surface area contributed by atoms with E-state index in [1.807, 2.05) is 42.5 Å². The van der Waals surface area contributed by atoms with Crippen molar-refractivity contribution in [2.45, 2.75) is 0 Å². The van der Waals surface area contributed by atoms with Crippen LogP contribution in [0.15, 0.2) is 54.6 Å². The molecule has 2 aromatic carbocycles. The first-order chi connectivity index (χ1) is 9.78. The molecular weight excluding hydrogens is 268 g/mol. The van der Waals surface area contributed by atoms with Gasteiger partial charge in [-0.1, -0.05) is 53.8 Å². The summed E-state index contributed by atoms with van der Waals surface area (Å²) in [6, 6.07) is 18.0. The maximum Gasteiger partial charge on any atom is 0.181 e. The van der Waals surface area contributed by atoms with Crippen LogP contribution in [0.5, 0.6) is 5.75 Å². The Morgan fingerprint density at radius 3 is 2.50 bits per heavy atom. The Balaban J connectivity index is 2.14. The first-order valence-electron chi connectivity index (χ1n) is 6.24. The quantitative estimate of drug-likeness (QED) is 0.787. The molecule has 3 rings (SSSR count). The molecule has 4 heteroatoms. The van der Waals surface area contributed by atoms with E-state index >= 15 is 0 Å². The molecule has 100 valence electrons. The van der Waals surface area contributed by atoms with Crippen LogP contribution in [0.4, 0.5) is 5.13 Å². The van der Waals surface area contributed by atoms with Crippen LogP contribution in [-0.2, 0) is 0 Å². The SMILES string of the molecule is COc1cccc(-c2nc(N)sc2-c2ccccc2)c1. The number of hydrogen-bond acceptors (Lipinski definition) is 4. The van der Waals surface area contributed by atoms with Crippen molar-refractivity contribution in [3.05, 3.63) is 54.6 Å². The van der Waals surface area contributed by atoms with Gasteiger partial charge in [0.1, 0.15) is 5.75 Å². The molecule has 0 aliphatic carbocycles. The number of rotatable bonds is 3. The molecule has 1 heterocycles. The van der Waals surface area contributed by atoms with E-state index < -0.39 is 0 Å². The van der Waals surface area contributed by atoms with E-state index in [2.05, 4.69) is 17.1 Å². The van der Waals surface area contributed by atoms with Crippen LogP contribution in [0.25, 0.3) is 21.7 Å². The van der Waals surface area contributed by atoms with Crippen molar-refractivity contribution >= 4 is 16.5 Å². The van der Waals surface area contributed by atoms with E-state index in [1.54, 1.807) is 7.11 Å². The molecule has 0 aliphatic heterocycles. The van der Waals surface area contributed by atoms with Crippen LogP contribution in [0.2, 0.25) is 0 Å². The second kappa shape index (κ2) is 5.35. The molecule has 1 aromatic heterocycles. The number of ether oxygens (including phenoxy) is 1. The first kappa shape index (κ1) is 12.7.